The van der Waals surface area contributed by atoms with E-state index in [0.29, 0.717) is 19.5 Å². The van der Waals surface area contributed by atoms with Gasteiger partial charge in [0.15, 0.2) is 0 Å². The molecule has 1 N–H and O–H groups in total. The lowest BCUT2D eigenvalue weighted by molar-refractivity contribution is -0.120. The van der Waals surface area contributed by atoms with Crippen LogP contribution in [0.4, 0.5) is 0 Å². The highest BCUT2D eigenvalue weighted by atomic mass is 32.1. The van der Waals surface area contributed by atoms with E-state index in [9.17, 15) is 4.79 Å². The van der Waals surface area contributed by atoms with E-state index >= 15 is 0 Å². The first-order valence-electron chi connectivity index (χ1n) is 5.67. The van der Waals surface area contributed by atoms with Crippen LogP contribution in [0.5, 0.6) is 0 Å². The number of carbonyl (C=O) groups is 1. The minimum atomic E-state index is 0.0156. The van der Waals surface area contributed by atoms with Crippen molar-refractivity contribution in [3.05, 3.63) is 28.2 Å². The van der Waals surface area contributed by atoms with Crippen molar-refractivity contribution in [3.63, 3.8) is 0 Å². The maximum atomic E-state index is 11.7. The average Bonchev–Trinajstić information content (AvgIpc) is 2.90. The number of rotatable bonds is 5. The van der Waals surface area contributed by atoms with Gasteiger partial charge in [-0.3, -0.25) is 9.48 Å². The summed E-state index contributed by atoms with van der Waals surface area (Å²) in [5, 5.41) is 7.82. The van der Waals surface area contributed by atoms with Crippen molar-refractivity contribution >= 4 is 17.2 Å². The van der Waals surface area contributed by atoms with E-state index in [-0.39, 0.29) is 5.91 Å². The molecule has 18 heavy (non-hydrogen) atoms. The second-order valence-corrected chi connectivity index (χ2v) is 5.21. The topological polar surface area (TPSA) is 72.7 Å². The van der Waals surface area contributed by atoms with E-state index in [4.69, 9.17) is 0 Å². The van der Waals surface area contributed by atoms with Crippen molar-refractivity contribution in [2.75, 3.05) is 6.54 Å². The first-order valence-corrected chi connectivity index (χ1v) is 6.49. The third-order valence-electron chi connectivity index (χ3n) is 2.45. The average molecular weight is 265 g/mol. The summed E-state index contributed by atoms with van der Waals surface area (Å²) in [6.07, 6.45) is 3.50. The molecule has 0 aliphatic rings. The van der Waals surface area contributed by atoms with Crippen LogP contribution >= 0.6 is 11.3 Å². The number of amides is 1. The molecule has 0 aliphatic heterocycles. The van der Waals surface area contributed by atoms with Crippen LogP contribution in [0.15, 0.2) is 12.7 Å². The molecule has 2 rings (SSSR count). The molecule has 0 fully saturated rings. The Morgan fingerprint density at radius 2 is 2.33 bits per heavy atom. The Labute approximate surface area is 109 Å². The second-order valence-electron chi connectivity index (χ2n) is 3.93. The zero-order valence-corrected chi connectivity index (χ0v) is 11.2. The van der Waals surface area contributed by atoms with Crippen LogP contribution in [0, 0.1) is 13.8 Å². The van der Waals surface area contributed by atoms with Gasteiger partial charge in [-0.25, -0.2) is 9.97 Å². The summed E-state index contributed by atoms with van der Waals surface area (Å²) in [6.45, 7) is 5.07. The van der Waals surface area contributed by atoms with Crippen molar-refractivity contribution < 1.29 is 4.79 Å². The predicted molar refractivity (Wildman–Crippen MR) is 68.3 cm³/mol. The van der Waals surface area contributed by atoms with Crippen molar-refractivity contribution in [1.82, 2.24) is 25.1 Å². The van der Waals surface area contributed by atoms with Gasteiger partial charge in [0.2, 0.25) is 5.91 Å². The third kappa shape index (κ3) is 3.36. The summed E-state index contributed by atoms with van der Waals surface area (Å²) in [6, 6.07) is 0. The van der Waals surface area contributed by atoms with E-state index in [1.165, 1.54) is 6.33 Å². The Balaban J connectivity index is 1.77. The van der Waals surface area contributed by atoms with Gasteiger partial charge < -0.3 is 5.32 Å². The van der Waals surface area contributed by atoms with Crippen LogP contribution in [-0.2, 0) is 17.8 Å². The van der Waals surface area contributed by atoms with Gasteiger partial charge in [0.25, 0.3) is 0 Å². The molecular weight excluding hydrogens is 250 g/mol. The standard InChI is InChI=1S/C11H15N5OS/c1-8-10(18-9(2)15-8)5-11(17)13-3-4-16-7-12-6-14-16/h6-7H,3-5H2,1-2H3,(H,13,17). The molecule has 1 amide bonds. The van der Waals surface area contributed by atoms with Gasteiger partial charge in [-0.15, -0.1) is 11.3 Å². The molecule has 2 aromatic rings. The number of hydrogen-bond acceptors (Lipinski definition) is 5. The van der Waals surface area contributed by atoms with E-state index in [0.717, 1.165) is 15.6 Å². The molecule has 0 spiro atoms. The molecule has 0 aliphatic carbocycles. The maximum Gasteiger partial charge on any atom is 0.225 e. The lowest BCUT2D eigenvalue weighted by Gasteiger charge is -2.04. The Morgan fingerprint density at radius 3 is 2.94 bits per heavy atom. The summed E-state index contributed by atoms with van der Waals surface area (Å²) in [5.74, 6) is 0.0156. The lowest BCUT2D eigenvalue weighted by atomic mass is 10.3. The quantitative estimate of drug-likeness (QED) is 0.864. The number of hydrogen-bond donors (Lipinski definition) is 1. The Hall–Kier alpha value is -1.76. The zero-order valence-electron chi connectivity index (χ0n) is 10.4. The highest BCUT2D eigenvalue weighted by molar-refractivity contribution is 7.11. The molecule has 96 valence electrons. The number of carbonyl (C=O) groups excluding carboxylic acids is 1. The normalized spacial score (nSPS) is 10.6. The fraction of sp³-hybridized carbons (Fsp3) is 0.455. The molecule has 6 nitrogen and oxygen atoms in total. The fourth-order valence-corrected chi connectivity index (χ4v) is 2.54. The van der Waals surface area contributed by atoms with Gasteiger partial charge >= 0.3 is 0 Å². The fourth-order valence-electron chi connectivity index (χ4n) is 1.60. The molecule has 0 unspecified atom stereocenters. The van der Waals surface area contributed by atoms with Crippen molar-refractivity contribution in [2.45, 2.75) is 26.8 Å². The van der Waals surface area contributed by atoms with Gasteiger partial charge in [-0.2, -0.15) is 5.10 Å². The number of nitrogens with one attached hydrogen (secondary N) is 1. The largest absolute Gasteiger partial charge is 0.354 e. The molecule has 0 atom stereocenters. The minimum absolute atomic E-state index is 0.0156. The van der Waals surface area contributed by atoms with Gasteiger partial charge in [-0.05, 0) is 13.8 Å². The van der Waals surface area contributed by atoms with Gasteiger partial charge in [0.05, 0.1) is 23.7 Å². The summed E-state index contributed by atoms with van der Waals surface area (Å²) in [5.41, 5.74) is 0.948. The van der Waals surface area contributed by atoms with Crippen molar-refractivity contribution in [3.8, 4) is 0 Å². The monoisotopic (exact) mass is 265 g/mol. The maximum absolute atomic E-state index is 11.7. The van der Waals surface area contributed by atoms with Crippen molar-refractivity contribution in [2.24, 2.45) is 0 Å². The lowest BCUT2D eigenvalue weighted by Crippen LogP contribution is -2.28. The van der Waals surface area contributed by atoms with E-state index < -0.39 is 0 Å². The smallest absolute Gasteiger partial charge is 0.225 e. The Kier molecular flexibility index (Phi) is 4.03. The summed E-state index contributed by atoms with van der Waals surface area (Å²) >= 11 is 1.57. The summed E-state index contributed by atoms with van der Waals surface area (Å²) in [4.78, 5) is 20.9. The molecule has 0 saturated carbocycles. The molecule has 2 heterocycles. The summed E-state index contributed by atoms with van der Waals surface area (Å²) < 4.78 is 1.68. The van der Waals surface area contributed by atoms with E-state index in [2.05, 4.69) is 20.4 Å². The molecule has 0 aromatic carbocycles. The van der Waals surface area contributed by atoms with Crippen molar-refractivity contribution in [1.29, 1.82) is 0 Å². The zero-order chi connectivity index (χ0) is 13.0. The van der Waals surface area contributed by atoms with Crippen LogP contribution in [-0.4, -0.2) is 32.2 Å². The number of thiazole rings is 1. The molecule has 0 bridgehead atoms. The predicted octanol–water partition coefficient (Wildman–Crippen LogP) is 0.710. The molecular formula is C11H15N5OS. The molecule has 0 radical (unpaired) electrons. The van der Waals surface area contributed by atoms with Crippen LogP contribution in [0.25, 0.3) is 0 Å². The minimum Gasteiger partial charge on any atom is -0.354 e. The van der Waals surface area contributed by atoms with E-state index in [1.54, 1.807) is 22.3 Å². The summed E-state index contributed by atoms with van der Waals surface area (Å²) in [7, 11) is 0. The SMILES string of the molecule is Cc1nc(C)c(CC(=O)NCCn2cncn2)s1. The van der Waals surface area contributed by atoms with Crippen LogP contribution in [0.2, 0.25) is 0 Å². The van der Waals surface area contributed by atoms with E-state index in [1.807, 2.05) is 13.8 Å². The molecule has 7 heteroatoms. The van der Waals surface area contributed by atoms with Crippen LogP contribution in [0.1, 0.15) is 15.6 Å². The number of aryl methyl sites for hydroxylation is 2. The second kappa shape index (κ2) is 5.72. The van der Waals surface area contributed by atoms with Gasteiger partial charge in [0.1, 0.15) is 12.7 Å². The highest BCUT2D eigenvalue weighted by Gasteiger charge is 2.09. The number of aromatic nitrogens is 4. The van der Waals surface area contributed by atoms with Crippen LogP contribution in [0.3, 0.4) is 0 Å². The first-order chi connectivity index (χ1) is 8.65. The Bertz CT molecular complexity index is 520. The van der Waals surface area contributed by atoms with Gasteiger partial charge in [0, 0.05) is 11.4 Å². The third-order valence-corrected chi connectivity index (χ3v) is 3.52. The Morgan fingerprint density at radius 1 is 1.50 bits per heavy atom. The first kappa shape index (κ1) is 12.7. The molecule has 2 aromatic heterocycles. The number of nitrogens with zero attached hydrogens (tertiary/aromatic N) is 4. The van der Waals surface area contributed by atoms with Crippen LogP contribution < -0.4 is 5.32 Å². The highest BCUT2D eigenvalue weighted by Crippen LogP contribution is 2.17. The molecule has 0 saturated heterocycles. The van der Waals surface area contributed by atoms with Gasteiger partial charge in [-0.1, -0.05) is 0 Å².